The van der Waals surface area contributed by atoms with E-state index in [4.69, 9.17) is 4.74 Å². The van der Waals surface area contributed by atoms with Crippen molar-refractivity contribution in [1.82, 2.24) is 5.32 Å². The number of ether oxygens (including phenoxy) is 1. The smallest absolute Gasteiger partial charge is 0.305 e. The lowest BCUT2D eigenvalue weighted by molar-refractivity contribution is -0.143. The second-order valence-electron chi connectivity index (χ2n) is 27.4. The number of amides is 1. The Balaban J connectivity index is 3.35. The van der Waals surface area contributed by atoms with Gasteiger partial charge in [-0.05, 0) is 57.8 Å². The molecule has 0 aromatic rings. The van der Waals surface area contributed by atoms with Crippen LogP contribution in [0, 0.1) is 0 Å². The molecule has 0 fully saturated rings. The highest BCUT2D eigenvalue weighted by atomic mass is 16.5. The van der Waals surface area contributed by atoms with Crippen molar-refractivity contribution in [3.05, 3.63) is 24.3 Å². The second-order valence-corrected chi connectivity index (χ2v) is 27.4. The highest BCUT2D eigenvalue weighted by molar-refractivity contribution is 5.76. The maximum absolute atomic E-state index is 12.6. The lowest BCUT2D eigenvalue weighted by atomic mass is 10.0. The molecule has 0 aromatic heterocycles. The molecule has 0 aliphatic carbocycles. The summed E-state index contributed by atoms with van der Waals surface area (Å²) in [5, 5.41) is 23.5. The molecular weight excluding hydrogens is 1050 g/mol. The quantitative estimate of drug-likeness (QED) is 0.0320. The van der Waals surface area contributed by atoms with E-state index in [0.717, 1.165) is 51.4 Å². The molecule has 0 aliphatic rings. The van der Waals surface area contributed by atoms with Crippen LogP contribution in [0.15, 0.2) is 24.3 Å². The topological polar surface area (TPSA) is 95.9 Å². The van der Waals surface area contributed by atoms with Crippen molar-refractivity contribution in [2.75, 3.05) is 13.2 Å². The first-order valence-corrected chi connectivity index (χ1v) is 39.6. The summed E-state index contributed by atoms with van der Waals surface area (Å²) < 4.78 is 5.50. The first kappa shape index (κ1) is 84.3. The van der Waals surface area contributed by atoms with Gasteiger partial charge in [-0.25, -0.2) is 0 Å². The van der Waals surface area contributed by atoms with Crippen LogP contribution in [-0.4, -0.2) is 47.4 Å². The van der Waals surface area contributed by atoms with Crippen molar-refractivity contribution >= 4 is 11.9 Å². The fraction of sp³-hybridized carbons (Fsp3) is 0.925. The summed E-state index contributed by atoms with van der Waals surface area (Å²) in [4.78, 5) is 24.7. The predicted molar refractivity (Wildman–Crippen MR) is 380 cm³/mol. The van der Waals surface area contributed by atoms with Gasteiger partial charge in [0.25, 0.3) is 0 Å². The van der Waals surface area contributed by atoms with Crippen LogP contribution in [0.1, 0.15) is 450 Å². The average molecular weight is 1210 g/mol. The molecule has 0 saturated heterocycles. The van der Waals surface area contributed by atoms with Gasteiger partial charge in [-0.3, -0.25) is 9.59 Å². The summed E-state index contributed by atoms with van der Waals surface area (Å²) in [6, 6.07) is -0.541. The molecule has 6 nitrogen and oxygen atoms in total. The Hall–Kier alpha value is -1.66. The maximum Gasteiger partial charge on any atom is 0.305 e. The summed E-state index contributed by atoms with van der Waals surface area (Å²) in [6.45, 7) is 4.98. The SMILES string of the molecule is CCCCCC/C=C\C/C=C\CCCCCCCC(=O)OCCCCCCCCCCCCCCCCCCCCCCCCCCCCCCC(=O)NC(CO)C(O)CCCCCCCCCCCCCCCCCCCCCCCCCCC. The Kier molecular flexibility index (Phi) is 74.3. The molecule has 0 spiro atoms. The monoisotopic (exact) mass is 1210 g/mol. The molecule has 0 heterocycles. The van der Waals surface area contributed by atoms with Gasteiger partial charge >= 0.3 is 5.97 Å². The Labute approximate surface area is 539 Å². The van der Waals surface area contributed by atoms with Crippen molar-refractivity contribution in [2.24, 2.45) is 0 Å². The van der Waals surface area contributed by atoms with Crippen LogP contribution in [0.25, 0.3) is 0 Å². The number of carbonyl (C=O) groups excluding carboxylic acids is 2. The number of esters is 1. The largest absolute Gasteiger partial charge is 0.466 e. The first-order valence-electron chi connectivity index (χ1n) is 39.6. The molecular formula is C80H155NO5. The van der Waals surface area contributed by atoms with Crippen LogP contribution >= 0.6 is 0 Å². The number of rotatable bonds is 75. The van der Waals surface area contributed by atoms with E-state index in [0.29, 0.717) is 25.9 Å². The van der Waals surface area contributed by atoms with Gasteiger partial charge in [-0.2, -0.15) is 0 Å². The van der Waals surface area contributed by atoms with Gasteiger partial charge in [0.05, 0.1) is 25.4 Å². The third-order valence-electron chi connectivity index (χ3n) is 18.8. The van der Waals surface area contributed by atoms with Gasteiger partial charge < -0.3 is 20.3 Å². The fourth-order valence-corrected chi connectivity index (χ4v) is 12.7. The molecule has 1 amide bonds. The van der Waals surface area contributed by atoms with Crippen molar-refractivity contribution in [3.63, 3.8) is 0 Å². The zero-order valence-electron chi connectivity index (χ0n) is 58.6. The minimum atomic E-state index is -0.664. The third kappa shape index (κ3) is 71.4. The average Bonchev–Trinajstić information content (AvgIpc) is 3.53. The van der Waals surface area contributed by atoms with E-state index in [-0.39, 0.29) is 18.5 Å². The Morgan fingerprint density at radius 2 is 0.581 bits per heavy atom. The Morgan fingerprint density at radius 1 is 0.326 bits per heavy atom. The van der Waals surface area contributed by atoms with E-state index >= 15 is 0 Å². The van der Waals surface area contributed by atoms with E-state index in [1.807, 2.05) is 0 Å². The van der Waals surface area contributed by atoms with Gasteiger partial charge in [0.1, 0.15) is 0 Å². The minimum Gasteiger partial charge on any atom is -0.466 e. The molecule has 86 heavy (non-hydrogen) atoms. The number of unbranched alkanes of at least 4 members (excludes halogenated alkanes) is 60. The maximum atomic E-state index is 12.6. The standard InChI is InChI=1S/C80H155NO5/c1-3-5-7-9-11-13-15-17-19-21-22-23-24-29-32-35-38-41-44-48-52-56-60-64-68-72-78(83)77(76-82)81-79(84)73-69-65-61-57-53-49-45-42-39-36-33-30-27-25-26-28-31-34-37-40-43-47-51-55-59-63-67-71-75-86-80(85)74-70-66-62-58-54-50-46-20-18-16-14-12-10-8-6-4-2/h14,16,20,46,77-78,82-83H,3-13,15,17-19,21-45,47-76H2,1-2H3,(H,81,84)/b16-14-,46-20-. The van der Waals surface area contributed by atoms with Gasteiger partial charge in [0, 0.05) is 12.8 Å². The summed E-state index contributed by atoms with van der Waals surface area (Å²) in [5.41, 5.74) is 0. The summed E-state index contributed by atoms with van der Waals surface area (Å²) in [5.74, 6) is -0.0196. The summed E-state index contributed by atoms with van der Waals surface area (Å²) in [6.07, 6.45) is 96.9. The van der Waals surface area contributed by atoms with Crippen LogP contribution in [0.3, 0.4) is 0 Å². The van der Waals surface area contributed by atoms with Crippen molar-refractivity contribution in [1.29, 1.82) is 0 Å². The van der Waals surface area contributed by atoms with Crippen LogP contribution in [0.2, 0.25) is 0 Å². The van der Waals surface area contributed by atoms with Gasteiger partial charge in [-0.15, -0.1) is 0 Å². The Morgan fingerprint density at radius 3 is 0.895 bits per heavy atom. The van der Waals surface area contributed by atoms with Crippen LogP contribution in [-0.2, 0) is 14.3 Å². The zero-order chi connectivity index (χ0) is 62.0. The van der Waals surface area contributed by atoms with Crippen LogP contribution in [0.4, 0.5) is 0 Å². The zero-order valence-corrected chi connectivity index (χ0v) is 58.6. The lowest BCUT2D eigenvalue weighted by Gasteiger charge is -2.22. The molecule has 0 radical (unpaired) electrons. The number of aliphatic hydroxyl groups is 2. The normalized spacial score (nSPS) is 12.6. The highest BCUT2D eigenvalue weighted by Gasteiger charge is 2.20. The van der Waals surface area contributed by atoms with E-state index in [2.05, 4.69) is 43.5 Å². The predicted octanol–water partition coefficient (Wildman–Crippen LogP) is 26.0. The highest BCUT2D eigenvalue weighted by Crippen LogP contribution is 2.20. The molecule has 0 bridgehead atoms. The second kappa shape index (κ2) is 75.8. The van der Waals surface area contributed by atoms with Gasteiger partial charge in [0.2, 0.25) is 5.91 Å². The third-order valence-corrected chi connectivity index (χ3v) is 18.8. The van der Waals surface area contributed by atoms with Crippen LogP contribution < -0.4 is 5.32 Å². The number of carbonyl (C=O) groups is 2. The molecule has 6 heteroatoms. The van der Waals surface area contributed by atoms with E-state index in [1.54, 1.807) is 0 Å². The summed E-state index contributed by atoms with van der Waals surface area (Å²) in [7, 11) is 0. The molecule has 2 unspecified atom stereocenters. The van der Waals surface area contributed by atoms with Crippen molar-refractivity contribution in [3.8, 4) is 0 Å². The van der Waals surface area contributed by atoms with E-state index in [1.165, 1.54) is 366 Å². The lowest BCUT2D eigenvalue weighted by Crippen LogP contribution is -2.45. The molecule has 510 valence electrons. The number of nitrogens with one attached hydrogen (secondary N) is 1. The Bertz CT molecular complexity index is 1350. The summed E-state index contributed by atoms with van der Waals surface area (Å²) >= 11 is 0. The molecule has 0 rings (SSSR count). The van der Waals surface area contributed by atoms with E-state index < -0.39 is 12.1 Å². The molecule has 0 saturated carbocycles. The van der Waals surface area contributed by atoms with Crippen molar-refractivity contribution in [2.45, 2.75) is 463 Å². The molecule has 3 N–H and O–H groups in total. The van der Waals surface area contributed by atoms with Crippen LogP contribution in [0.5, 0.6) is 0 Å². The first-order chi connectivity index (χ1) is 42.5. The van der Waals surface area contributed by atoms with E-state index in [9.17, 15) is 19.8 Å². The molecule has 2 atom stereocenters. The van der Waals surface area contributed by atoms with Gasteiger partial charge in [0.15, 0.2) is 0 Å². The number of hydrogen-bond donors (Lipinski definition) is 3. The molecule has 0 aliphatic heterocycles. The number of aliphatic hydroxyl groups excluding tert-OH is 2. The molecule has 0 aromatic carbocycles. The fourth-order valence-electron chi connectivity index (χ4n) is 12.7. The van der Waals surface area contributed by atoms with Gasteiger partial charge in [-0.1, -0.05) is 404 Å². The minimum absolute atomic E-state index is 0.00646. The number of hydrogen-bond acceptors (Lipinski definition) is 5. The van der Waals surface area contributed by atoms with Crippen molar-refractivity contribution < 1.29 is 24.5 Å². The number of allylic oxidation sites excluding steroid dienone is 4.